The lowest BCUT2D eigenvalue weighted by molar-refractivity contribution is -0.129. The van der Waals surface area contributed by atoms with Gasteiger partial charge in [0.25, 0.3) is 0 Å². The summed E-state index contributed by atoms with van der Waals surface area (Å²) in [7, 11) is 6.68. The first-order valence-corrected chi connectivity index (χ1v) is 9.09. The van der Waals surface area contributed by atoms with E-state index in [1.54, 1.807) is 51.4 Å². The van der Waals surface area contributed by atoms with Crippen LogP contribution in [-0.2, 0) is 9.59 Å². The van der Waals surface area contributed by atoms with Crippen LogP contribution in [0.4, 0.5) is 5.69 Å². The summed E-state index contributed by atoms with van der Waals surface area (Å²) in [5.41, 5.74) is 0.622. The van der Waals surface area contributed by atoms with Gasteiger partial charge in [-0.05, 0) is 31.6 Å². The molecule has 0 spiro atoms. The first-order chi connectivity index (χ1) is 12.9. The van der Waals surface area contributed by atoms with Crippen LogP contribution in [-0.4, -0.2) is 94.1 Å². The largest absolute Gasteiger partial charge is 0.497 e. The molecule has 0 unspecified atom stereocenters. The topological polar surface area (TPSA) is 74.4 Å². The third kappa shape index (κ3) is 6.41. The van der Waals surface area contributed by atoms with E-state index < -0.39 is 0 Å². The molecule has 0 bridgehead atoms. The van der Waals surface area contributed by atoms with Crippen molar-refractivity contribution in [3.05, 3.63) is 18.2 Å². The number of benzene rings is 1. The molecule has 1 heterocycles. The molecule has 0 saturated carbocycles. The van der Waals surface area contributed by atoms with Crippen molar-refractivity contribution in [2.24, 2.45) is 0 Å². The molecule has 1 aromatic rings. The minimum Gasteiger partial charge on any atom is -0.497 e. The molecule has 150 valence electrons. The van der Waals surface area contributed by atoms with E-state index in [1.807, 2.05) is 0 Å². The second-order valence-corrected chi connectivity index (χ2v) is 6.81. The van der Waals surface area contributed by atoms with Gasteiger partial charge in [-0.1, -0.05) is 0 Å². The van der Waals surface area contributed by atoms with Gasteiger partial charge in [-0.25, -0.2) is 0 Å². The fraction of sp³-hybridized carbons (Fsp3) is 0.579. The quantitative estimate of drug-likeness (QED) is 0.754. The van der Waals surface area contributed by atoms with Crippen molar-refractivity contribution in [1.29, 1.82) is 0 Å². The number of anilines is 1. The number of nitrogens with one attached hydrogen (secondary N) is 1. The first kappa shape index (κ1) is 21.0. The first-order valence-electron chi connectivity index (χ1n) is 9.09. The van der Waals surface area contributed by atoms with Crippen molar-refractivity contribution in [3.63, 3.8) is 0 Å². The molecule has 1 N–H and O–H groups in total. The normalized spacial score (nSPS) is 15.7. The monoisotopic (exact) mass is 378 g/mol. The molecule has 1 fully saturated rings. The van der Waals surface area contributed by atoms with E-state index in [0.717, 1.165) is 32.6 Å². The maximum Gasteiger partial charge on any atom is 0.238 e. The van der Waals surface area contributed by atoms with Crippen molar-refractivity contribution >= 4 is 17.5 Å². The van der Waals surface area contributed by atoms with Gasteiger partial charge in [-0.2, -0.15) is 0 Å². The van der Waals surface area contributed by atoms with Crippen LogP contribution in [0.3, 0.4) is 0 Å². The Balaban J connectivity index is 1.86. The highest BCUT2D eigenvalue weighted by Crippen LogP contribution is 2.28. The van der Waals surface area contributed by atoms with Gasteiger partial charge in [-0.3, -0.25) is 19.4 Å². The molecule has 8 nitrogen and oxygen atoms in total. The molecular weight excluding hydrogens is 348 g/mol. The van der Waals surface area contributed by atoms with E-state index in [-0.39, 0.29) is 11.8 Å². The average Bonchev–Trinajstić information content (AvgIpc) is 2.87. The summed E-state index contributed by atoms with van der Waals surface area (Å²) < 4.78 is 10.5. The Morgan fingerprint density at radius 1 is 1.04 bits per heavy atom. The van der Waals surface area contributed by atoms with Gasteiger partial charge in [0.2, 0.25) is 11.8 Å². The summed E-state index contributed by atoms with van der Waals surface area (Å²) in [6.45, 7) is 3.97. The van der Waals surface area contributed by atoms with Crippen molar-refractivity contribution in [2.75, 3.05) is 72.9 Å². The van der Waals surface area contributed by atoms with E-state index in [9.17, 15) is 9.59 Å². The van der Waals surface area contributed by atoms with E-state index in [4.69, 9.17) is 9.47 Å². The summed E-state index contributed by atoms with van der Waals surface area (Å²) in [6.07, 6.45) is 0.930. The Bertz CT molecular complexity index is 651. The zero-order chi connectivity index (χ0) is 19.8. The molecule has 0 aromatic heterocycles. The predicted octanol–water partition coefficient (Wildman–Crippen LogP) is 0.738. The molecule has 0 atom stereocenters. The fourth-order valence-electron chi connectivity index (χ4n) is 2.97. The molecule has 0 aliphatic carbocycles. The zero-order valence-corrected chi connectivity index (χ0v) is 16.7. The van der Waals surface area contributed by atoms with Crippen molar-refractivity contribution in [3.8, 4) is 11.5 Å². The van der Waals surface area contributed by atoms with Gasteiger partial charge in [0.05, 0.1) is 33.0 Å². The number of amides is 2. The Morgan fingerprint density at radius 3 is 2.30 bits per heavy atom. The highest BCUT2D eigenvalue weighted by Gasteiger charge is 2.20. The summed E-state index contributed by atoms with van der Waals surface area (Å²) in [5, 5.41) is 2.90. The number of rotatable bonds is 7. The molecule has 1 saturated heterocycles. The van der Waals surface area contributed by atoms with Gasteiger partial charge < -0.3 is 19.7 Å². The van der Waals surface area contributed by atoms with Crippen LogP contribution in [0.1, 0.15) is 6.42 Å². The summed E-state index contributed by atoms with van der Waals surface area (Å²) in [4.78, 5) is 30.2. The SMILES string of the molecule is COc1ccc(NC(=O)CN2CCCN(CC(=O)N(C)C)CC2)c(OC)c1. The molecule has 2 amide bonds. The number of methoxy groups -OCH3 is 2. The summed E-state index contributed by atoms with van der Waals surface area (Å²) in [5.74, 6) is 1.25. The number of carbonyl (C=O) groups excluding carboxylic acids is 2. The molecule has 27 heavy (non-hydrogen) atoms. The fourth-order valence-corrected chi connectivity index (χ4v) is 2.97. The number of likely N-dealkylation sites (N-methyl/N-ethyl adjacent to an activating group) is 1. The van der Waals surface area contributed by atoms with E-state index in [0.29, 0.717) is 30.3 Å². The van der Waals surface area contributed by atoms with Crippen LogP contribution >= 0.6 is 0 Å². The van der Waals surface area contributed by atoms with Crippen molar-refractivity contribution in [2.45, 2.75) is 6.42 Å². The lowest BCUT2D eigenvalue weighted by Gasteiger charge is -2.22. The van der Waals surface area contributed by atoms with Gasteiger partial charge >= 0.3 is 0 Å². The van der Waals surface area contributed by atoms with Crippen molar-refractivity contribution in [1.82, 2.24) is 14.7 Å². The highest BCUT2D eigenvalue weighted by molar-refractivity contribution is 5.93. The van der Waals surface area contributed by atoms with E-state index >= 15 is 0 Å². The van der Waals surface area contributed by atoms with Crippen LogP contribution in [0, 0.1) is 0 Å². The highest BCUT2D eigenvalue weighted by atomic mass is 16.5. The Kier molecular flexibility index (Phi) is 7.87. The maximum absolute atomic E-state index is 12.5. The number of nitrogens with zero attached hydrogens (tertiary/aromatic N) is 3. The predicted molar refractivity (Wildman–Crippen MR) is 104 cm³/mol. The summed E-state index contributed by atoms with van der Waals surface area (Å²) in [6, 6.07) is 5.29. The second-order valence-electron chi connectivity index (χ2n) is 6.81. The number of hydrogen-bond acceptors (Lipinski definition) is 6. The zero-order valence-electron chi connectivity index (χ0n) is 16.7. The number of ether oxygens (including phenoxy) is 2. The third-order valence-corrected chi connectivity index (χ3v) is 4.59. The van der Waals surface area contributed by atoms with Crippen LogP contribution < -0.4 is 14.8 Å². The van der Waals surface area contributed by atoms with Gasteiger partial charge in [-0.15, -0.1) is 0 Å². The van der Waals surface area contributed by atoms with Crippen molar-refractivity contribution < 1.29 is 19.1 Å². The van der Waals surface area contributed by atoms with Gasteiger partial charge in [0, 0.05) is 33.3 Å². The third-order valence-electron chi connectivity index (χ3n) is 4.59. The molecule has 1 aliphatic heterocycles. The van der Waals surface area contributed by atoms with Crippen LogP contribution in [0.25, 0.3) is 0 Å². The number of carbonyl (C=O) groups is 2. The standard InChI is InChI=1S/C19H30N4O4/c1-21(2)19(25)14-23-9-5-8-22(10-11-23)13-18(24)20-16-7-6-15(26-3)12-17(16)27-4/h6-7,12H,5,8-11,13-14H2,1-4H3,(H,20,24). The minimum absolute atomic E-state index is 0.0868. The van der Waals surface area contributed by atoms with E-state index in [1.165, 1.54) is 0 Å². The van der Waals surface area contributed by atoms with Crippen LogP contribution in [0.5, 0.6) is 11.5 Å². The molecule has 0 radical (unpaired) electrons. The molecule has 8 heteroatoms. The summed E-state index contributed by atoms with van der Waals surface area (Å²) >= 11 is 0. The molecule has 2 rings (SSSR count). The average molecular weight is 378 g/mol. The lowest BCUT2D eigenvalue weighted by atomic mass is 10.2. The molecule has 1 aliphatic rings. The van der Waals surface area contributed by atoms with E-state index in [2.05, 4.69) is 15.1 Å². The Morgan fingerprint density at radius 2 is 1.70 bits per heavy atom. The lowest BCUT2D eigenvalue weighted by Crippen LogP contribution is -2.39. The maximum atomic E-state index is 12.5. The van der Waals surface area contributed by atoms with Gasteiger partial charge in [0.1, 0.15) is 11.5 Å². The second kappa shape index (κ2) is 10.1. The Labute approximate surface area is 161 Å². The molecular formula is C19H30N4O4. The Hall–Kier alpha value is -2.32. The van der Waals surface area contributed by atoms with Gasteiger partial charge in [0.15, 0.2) is 0 Å². The number of hydrogen-bond donors (Lipinski definition) is 1. The smallest absolute Gasteiger partial charge is 0.238 e. The van der Waals surface area contributed by atoms with Crippen LogP contribution in [0.2, 0.25) is 0 Å². The minimum atomic E-state index is -0.0868. The molecule has 1 aromatic carbocycles. The van der Waals surface area contributed by atoms with Crippen LogP contribution in [0.15, 0.2) is 18.2 Å².